The monoisotopic (exact) mass is 404 g/mol. The van der Waals surface area contributed by atoms with Crippen molar-refractivity contribution in [1.82, 2.24) is 9.80 Å². The Bertz CT molecular complexity index is 937. The molecule has 2 amide bonds. The summed E-state index contributed by atoms with van der Waals surface area (Å²) in [5.74, 6) is 0.105. The zero-order valence-corrected chi connectivity index (χ0v) is 17.2. The highest BCUT2D eigenvalue weighted by Crippen LogP contribution is 2.36. The Morgan fingerprint density at radius 3 is 2.57 bits per heavy atom. The van der Waals surface area contributed by atoms with Crippen molar-refractivity contribution in [1.29, 1.82) is 0 Å². The van der Waals surface area contributed by atoms with Gasteiger partial charge >= 0.3 is 0 Å². The van der Waals surface area contributed by atoms with Crippen molar-refractivity contribution in [2.75, 3.05) is 42.9 Å². The zero-order chi connectivity index (χ0) is 20.5. The molecule has 2 saturated heterocycles. The van der Waals surface area contributed by atoms with Crippen LogP contribution >= 0.6 is 0 Å². The molecule has 0 radical (unpaired) electrons. The highest BCUT2D eigenvalue weighted by atomic mass is 16.2. The number of hydrogen-bond acceptors (Lipinski definition) is 4. The standard InChI is InChI=1S/C24H28N4O2/c29-23-22-8-4-5-11-28(22)21-10-9-19(16-20(21)25-23)24(30)27-14-12-26(13-15-27)17-18-6-2-1-3-7-18/h1-3,6-7,9-10,16,22H,4-5,8,11-15,17H2,(H,25,29)/t22-/m0/s1. The first-order chi connectivity index (χ1) is 14.7. The molecule has 0 unspecified atom stereocenters. The molecule has 2 aromatic carbocycles. The van der Waals surface area contributed by atoms with E-state index >= 15 is 0 Å². The van der Waals surface area contributed by atoms with Crippen LogP contribution in [0.2, 0.25) is 0 Å². The average Bonchev–Trinajstić information content (AvgIpc) is 2.80. The van der Waals surface area contributed by atoms with Crippen LogP contribution in [-0.2, 0) is 11.3 Å². The Kier molecular flexibility index (Phi) is 5.17. The van der Waals surface area contributed by atoms with Crippen LogP contribution in [-0.4, -0.2) is 60.4 Å². The van der Waals surface area contributed by atoms with Gasteiger partial charge in [0.1, 0.15) is 6.04 Å². The molecule has 2 aromatic rings. The molecule has 3 aliphatic rings. The van der Waals surface area contributed by atoms with Crippen LogP contribution in [0.25, 0.3) is 0 Å². The summed E-state index contributed by atoms with van der Waals surface area (Å²) >= 11 is 0. The quantitative estimate of drug-likeness (QED) is 0.855. The van der Waals surface area contributed by atoms with E-state index in [0.717, 1.165) is 69.9 Å². The van der Waals surface area contributed by atoms with Crippen LogP contribution in [0.5, 0.6) is 0 Å². The van der Waals surface area contributed by atoms with Gasteiger partial charge in [-0.3, -0.25) is 14.5 Å². The summed E-state index contributed by atoms with van der Waals surface area (Å²) in [7, 11) is 0. The lowest BCUT2D eigenvalue weighted by molar-refractivity contribution is -0.118. The molecule has 0 aromatic heterocycles. The Morgan fingerprint density at radius 1 is 0.967 bits per heavy atom. The fourth-order valence-corrected chi connectivity index (χ4v) is 4.86. The van der Waals surface area contributed by atoms with Gasteiger partial charge < -0.3 is 15.1 Å². The Morgan fingerprint density at radius 2 is 1.77 bits per heavy atom. The van der Waals surface area contributed by atoms with Gasteiger partial charge in [-0.2, -0.15) is 0 Å². The molecule has 1 atom stereocenters. The summed E-state index contributed by atoms with van der Waals surface area (Å²) in [4.78, 5) is 32.1. The summed E-state index contributed by atoms with van der Waals surface area (Å²) in [6, 6.07) is 16.2. The molecule has 0 bridgehead atoms. The van der Waals surface area contributed by atoms with E-state index in [0.29, 0.717) is 5.56 Å². The molecule has 3 aliphatic heterocycles. The second-order valence-corrected chi connectivity index (χ2v) is 8.48. The number of nitrogens with one attached hydrogen (secondary N) is 1. The van der Waals surface area contributed by atoms with Gasteiger partial charge in [-0.1, -0.05) is 30.3 Å². The molecule has 5 rings (SSSR count). The lowest BCUT2D eigenvalue weighted by atomic mass is 9.96. The van der Waals surface area contributed by atoms with Crippen LogP contribution in [0.4, 0.5) is 11.4 Å². The van der Waals surface area contributed by atoms with Crippen LogP contribution < -0.4 is 10.2 Å². The summed E-state index contributed by atoms with van der Waals surface area (Å²) in [5, 5.41) is 3.03. The lowest BCUT2D eigenvalue weighted by Crippen LogP contribution is -2.50. The summed E-state index contributed by atoms with van der Waals surface area (Å²) in [5.41, 5.74) is 3.77. The van der Waals surface area contributed by atoms with Crippen LogP contribution in [0, 0.1) is 0 Å². The lowest BCUT2D eigenvalue weighted by Gasteiger charge is -2.41. The second-order valence-electron chi connectivity index (χ2n) is 8.48. The van der Waals surface area contributed by atoms with E-state index in [-0.39, 0.29) is 17.9 Å². The normalized spacial score (nSPS) is 21.6. The van der Waals surface area contributed by atoms with Crippen molar-refractivity contribution in [2.24, 2.45) is 0 Å². The minimum atomic E-state index is -0.0644. The van der Waals surface area contributed by atoms with Gasteiger partial charge in [-0.15, -0.1) is 0 Å². The van der Waals surface area contributed by atoms with E-state index in [9.17, 15) is 9.59 Å². The van der Waals surface area contributed by atoms with Crippen molar-refractivity contribution >= 4 is 23.2 Å². The van der Waals surface area contributed by atoms with Crippen molar-refractivity contribution < 1.29 is 9.59 Å². The predicted molar refractivity (Wildman–Crippen MR) is 118 cm³/mol. The molecule has 0 saturated carbocycles. The molecular weight excluding hydrogens is 376 g/mol. The summed E-state index contributed by atoms with van der Waals surface area (Å²) in [6.07, 6.45) is 3.10. The summed E-state index contributed by atoms with van der Waals surface area (Å²) < 4.78 is 0. The summed E-state index contributed by atoms with van der Waals surface area (Å²) in [6.45, 7) is 5.02. The van der Waals surface area contributed by atoms with E-state index < -0.39 is 0 Å². The topological polar surface area (TPSA) is 55.9 Å². The fourth-order valence-electron chi connectivity index (χ4n) is 4.86. The van der Waals surface area contributed by atoms with E-state index in [4.69, 9.17) is 0 Å². The van der Waals surface area contributed by atoms with Gasteiger partial charge in [0.25, 0.3) is 5.91 Å². The number of hydrogen-bond donors (Lipinski definition) is 1. The maximum Gasteiger partial charge on any atom is 0.254 e. The van der Waals surface area contributed by atoms with Crippen molar-refractivity contribution in [2.45, 2.75) is 31.8 Å². The number of carbonyl (C=O) groups excluding carboxylic acids is 2. The number of carbonyl (C=O) groups is 2. The van der Waals surface area contributed by atoms with Crippen LogP contribution in [0.3, 0.4) is 0 Å². The minimum Gasteiger partial charge on any atom is -0.358 e. The van der Waals surface area contributed by atoms with E-state index in [1.54, 1.807) is 0 Å². The second kappa shape index (κ2) is 8.11. The van der Waals surface area contributed by atoms with Gasteiger partial charge in [0.05, 0.1) is 11.4 Å². The number of rotatable bonds is 3. The fraction of sp³-hybridized carbons (Fsp3) is 0.417. The number of benzene rings is 2. The predicted octanol–water partition coefficient (Wildman–Crippen LogP) is 2.96. The molecular formula is C24H28N4O2. The third-order valence-electron chi connectivity index (χ3n) is 6.52. The molecule has 156 valence electrons. The number of nitrogens with zero attached hydrogens (tertiary/aromatic N) is 3. The Labute approximate surface area is 177 Å². The first-order valence-electron chi connectivity index (χ1n) is 11.0. The minimum absolute atomic E-state index is 0.0483. The molecule has 30 heavy (non-hydrogen) atoms. The number of piperidine rings is 1. The third-order valence-corrected chi connectivity index (χ3v) is 6.52. The number of amides is 2. The van der Waals surface area contributed by atoms with Crippen molar-refractivity contribution in [3.8, 4) is 0 Å². The largest absolute Gasteiger partial charge is 0.358 e. The molecule has 1 N–H and O–H groups in total. The maximum atomic E-state index is 13.1. The van der Waals surface area contributed by atoms with Gasteiger partial charge in [0.2, 0.25) is 5.91 Å². The van der Waals surface area contributed by atoms with Gasteiger partial charge in [-0.25, -0.2) is 0 Å². The molecule has 6 heteroatoms. The van der Waals surface area contributed by atoms with E-state index in [1.165, 1.54) is 5.56 Å². The number of anilines is 2. The van der Waals surface area contributed by atoms with Gasteiger partial charge in [-0.05, 0) is 43.0 Å². The highest BCUT2D eigenvalue weighted by molar-refractivity contribution is 6.05. The maximum absolute atomic E-state index is 13.1. The first-order valence-corrected chi connectivity index (χ1v) is 11.0. The third kappa shape index (κ3) is 3.67. The SMILES string of the molecule is O=C1Nc2cc(C(=O)N3CCN(Cc4ccccc4)CC3)ccc2N2CCCC[C@@H]12. The van der Waals surface area contributed by atoms with Gasteiger partial charge in [0.15, 0.2) is 0 Å². The van der Waals surface area contributed by atoms with Gasteiger partial charge in [0, 0.05) is 44.8 Å². The Hall–Kier alpha value is -2.86. The van der Waals surface area contributed by atoms with E-state index in [2.05, 4.69) is 39.4 Å². The zero-order valence-electron chi connectivity index (χ0n) is 17.2. The molecule has 2 fully saturated rings. The first kappa shape index (κ1) is 19.1. The smallest absolute Gasteiger partial charge is 0.254 e. The average molecular weight is 405 g/mol. The molecule has 6 nitrogen and oxygen atoms in total. The van der Waals surface area contributed by atoms with Crippen molar-refractivity contribution in [3.63, 3.8) is 0 Å². The number of piperazine rings is 1. The van der Waals surface area contributed by atoms with Crippen LogP contribution in [0.15, 0.2) is 48.5 Å². The molecule has 0 aliphatic carbocycles. The Balaban J connectivity index is 1.25. The highest BCUT2D eigenvalue weighted by Gasteiger charge is 2.35. The van der Waals surface area contributed by atoms with Crippen LogP contribution in [0.1, 0.15) is 35.2 Å². The molecule has 0 spiro atoms. The van der Waals surface area contributed by atoms with E-state index in [1.807, 2.05) is 29.2 Å². The molecule has 3 heterocycles. The van der Waals surface area contributed by atoms with Crippen molar-refractivity contribution in [3.05, 3.63) is 59.7 Å². The number of fused-ring (bicyclic) bond motifs is 3.